The Labute approximate surface area is 201 Å². The Hall–Kier alpha value is -4.16. The van der Waals surface area contributed by atoms with Gasteiger partial charge < -0.3 is 0 Å². The monoisotopic (exact) mass is 434 g/mol. The molecule has 5 aromatic rings. The molecule has 0 heterocycles. The van der Waals surface area contributed by atoms with Crippen molar-refractivity contribution >= 4 is 12.2 Å². The number of rotatable bonds is 4. The highest BCUT2D eigenvalue weighted by Crippen LogP contribution is 2.56. The summed E-state index contributed by atoms with van der Waals surface area (Å²) in [5.41, 5.74) is 11.3. The number of benzene rings is 5. The molecule has 0 spiro atoms. The summed E-state index contributed by atoms with van der Waals surface area (Å²) in [4.78, 5) is 0. The molecule has 0 bridgehead atoms. The van der Waals surface area contributed by atoms with Crippen LogP contribution in [0.2, 0.25) is 0 Å². The van der Waals surface area contributed by atoms with E-state index in [1.165, 1.54) is 50.1 Å². The summed E-state index contributed by atoms with van der Waals surface area (Å²) in [7, 11) is 0. The average Bonchev–Trinajstić information content (AvgIpc) is 3.18. The third-order valence-electron chi connectivity index (χ3n) is 7.00. The van der Waals surface area contributed by atoms with Gasteiger partial charge in [-0.1, -0.05) is 139 Å². The standard InChI is InChI=1S/C34H26/c1-25-17-21-30-31-22-20-27(19-18-26-11-5-2-6-12-26)24-33(31)34(32(30)23-25,28-13-7-3-8-14-28)29-15-9-4-10-16-29/h2-24H,1H3/b19-18+. The van der Waals surface area contributed by atoms with Gasteiger partial charge >= 0.3 is 0 Å². The van der Waals surface area contributed by atoms with Crippen molar-refractivity contribution in [2.45, 2.75) is 12.3 Å². The Morgan fingerprint density at radius 3 is 1.59 bits per heavy atom. The fourth-order valence-electron chi connectivity index (χ4n) is 5.48. The SMILES string of the molecule is Cc1ccc2c(c1)C(c1ccccc1)(c1ccccc1)c1cc(/C=C/c3ccccc3)ccc1-2. The van der Waals surface area contributed by atoms with Crippen LogP contribution in [0.5, 0.6) is 0 Å². The Bertz CT molecular complexity index is 1440. The van der Waals surface area contributed by atoms with E-state index < -0.39 is 0 Å². The lowest BCUT2D eigenvalue weighted by molar-refractivity contribution is 0.767. The molecule has 1 aliphatic rings. The van der Waals surface area contributed by atoms with E-state index in [1.807, 2.05) is 0 Å². The van der Waals surface area contributed by atoms with Crippen LogP contribution in [-0.4, -0.2) is 0 Å². The first kappa shape index (κ1) is 20.4. The van der Waals surface area contributed by atoms with Crippen molar-refractivity contribution in [2.75, 3.05) is 0 Å². The molecule has 0 nitrogen and oxygen atoms in total. The zero-order chi connectivity index (χ0) is 23.0. The van der Waals surface area contributed by atoms with Crippen molar-refractivity contribution in [3.8, 4) is 11.1 Å². The molecule has 0 aliphatic heterocycles. The summed E-state index contributed by atoms with van der Waals surface area (Å²) in [5.74, 6) is 0. The topological polar surface area (TPSA) is 0 Å². The minimum absolute atomic E-state index is 0.351. The zero-order valence-electron chi connectivity index (χ0n) is 19.3. The van der Waals surface area contributed by atoms with E-state index in [9.17, 15) is 0 Å². The van der Waals surface area contributed by atoms with Gasteiger partial charge in [-0.15, -0.1) is 0 Å². The third kappa shape index (κ3) is 3.23. The van der Waals surface area contributed by atoms with Gasteiger partial charge in [-0.25, -0.2) is 0 Å². The Morgan fingerprint density at radius 2 is 0.971 bits per heavy atom. The van der Waals surface area contributed by atoms with Gasteiger partial charge in [0.15, 0.2) is 0 Å². The fraction of sp³-hybridized carbons (Fsp3) is 0.0588. The average molecular weight is 435 g/mol. The van der Waals surface area contributed by atoms with Gasteiger partial charge in [-0.3, -0.25) is 0 Å². The molecule has 1 aliphatic carbocycles. The Kier molecular flexibility index (Phi) is 5.00. The summed E-state index contributed by atoms with van der Waals surface area (Å²) in [6, 6.07) is 46.3. The highest BCUT2D eigenvalue weighted by Gasteiger charge is 2.46. The van der Waals surface area contributed by atoms with E-state index in [0.717, 1.165) is 0 Å². The van der Waals surface area contributed by atoms with Crippen LogP contribution in [0, 0.1) is 6.92 Å². The first-order chi connectivity index (χ1) is 16.8. The van der Waals surface area contributed by atoms with Gasteiger partial charge in [0.05, 0.1) is 5.41 Å². The van der Waals surface area contributed by atoms with Gasteiger partial charge in [-0.05, 0) is 57.5 Å². The molecule has 0 unspecified atom stereocenters. The molecule has 0 saturated carbocycles. The lowest BCUT2D eigenvalue weighted by Crippen LogP contribution is -2.28. The number of hydrogen-bond donors (Lipinski definition) is 0. The van der Waals surface area contributed by atoms with Crippen molar-refractivity contribution in [2.24, 2.45) is 0 Å². The predicted octanol–water partition coefficient (Wildman–Crippen LogP) is 8.53. The second-order valence-electron chi connectivity index (χ2n) is 9.08. The van der Waals surface area contributed by atoms with Gasteiger partial charge in [0.1, 0.15) is 0 Å². The fourth-order valence-corrected chi connectivity index (χ4v) is 5.48. The van der Waals surface area contributed by atoms with E-state index in [0.29, 0.717) is 0 Å². The zero-order valence-corrected chi connectivity index (χ0v) is 19.3. The van der Waals surface area contributed by atoms with Crippen LogP contribution in [0.1, 0.15) is 38.9 Å². The molecule has 34 heavy (non-hydrogen) atoms. The van der Waals surface area contributed by atoms with Gasteiger partial charge in [0, 0.05) is 0 Å². The predicted molar refractivity (Wildman–Crippen MR) is 144 cm³/mol. The summed E-state index contributed by atoms with van der Waals surface area (Å²) < 4.78 is 0. The summed E-state index contributed by atoms with van der Waals surface area (Å²) in [5, 5.41) is 0. The van der Waals surface area contributed by atoms with Crippen molar-refractivity contribution in [1.82, 2.24) is 0 Å². The molecule has 6 rings (SSSR count). The second-order valence-corrected chi connectivity index (χ2v) is 9.08. The molecule has 0 heteroatoms. The molecule has 0 saturated heterocycles. The summed E-state index contributed by atoms with van der Waals surface area (Å²) in [6.45, 7) is 2.19. The second kappa shape index (κ2) is 8.32. The van der Waals surface area contributed by atoms with Crippen molar-refractivity contribution in [3.63, 3.8) is 0 Å². The minimum atomic E-state index is -0.351. The maximum atomic E-state index is 2.39. The highest BCUT2D eigenvalue weighted by molar-refractivity contribution is 5.88. The van der Waals surface area contributed by atoms with Crippen LogP contribution < -0.4 is 0 Å². The molecule has 0 radical (unpaired) electrons. The van der Waals surface area contributed by atoms with E-state index >= 15 is 0 Å². The van der Waals surface area contributed by atoms with Gasteiger partial charge in [-0.2, -0.15) is 0 Å². The van der Waals surface area contributed by atoms with E-state index in [2.05, 4.69) is 146 Å². The Balaban J connectivity index is 1.65. The van der Waals surface area contributed by atoms with Crippen molar-refractivity contribution in [3.05, 3.63) is 166 Å². The maximum Gasteiger partial charge on any atom is 0.0713 e. The third-order valence-corrected chi connectivity index (χ3v) is 7.00. The van der Waals surface area contributed by atoms with Gasteiger partial charge in [0.25, 0.3) is 0 Å². The quantitative estimate of drug-likeness (QED) is 0.244. The molecule has 0 atom stereocenters. The van der Waals surface area contributed by atoms with E-state index in [-0.39, 0.29) is 5.41 Å². The number of hydrogen-bond acceptors (Lipinski definition) is 0. The first-order valence-corrected chi connectivity index (χ1v) is 11.9. The molecule has 0 fully saturated rings. The normalized spacial score (nSPS) is 13.6. The van der Waals surface area contributed by atoms with Crippen LogP contribution in [0.25, 0.3) is 23.3 Å². The van der Waals surface area contributed by atoms with Crippen molar-refractivity contribution < 1.29 is 0 Å². The summed E-state index contributed by atoms with van der Waals surface area (Å²) >= 11 is 0. The lowest BCUT2D eigenvalue weighted by Gasteiger charge is -2.34. The highest BCUT2D eigenvalue weighted by atomic mass is 14.5. The largest absolute Gasteiger partial charge is 0.0713 e. The van der Waals surface area contributed by atoms with E-state index in [4.69, 9.17) is 0 Å². The number of aryl methyl sites for hydroxylation is 1. The lowest BCUT2D eigenvalue weighted by atomic mass is 9.67. The molecular weight excluding hydrogens is 408 g/mol. The first-order valence-electron chi connectivity index (χ1n) is 11.9. The number of fused-ring (bicyclic) bond motifs is 3. The van der Waals surface area contributed by atoms with Crippen LogP contribution >= 0.6 is 0 Å². The molecule has 162 valence electrons. The molecule has 5 aromatic carbocycles. The van der Waals surface area contributed by atoms with Crippen LogP contribution in [0.15, 0.2) is 127 Å². The van der Waals surface area contributed by atoms with E-state index in [1.54, 1.807) is 0 Å². The Morgan fingerprint density at radius 1 is 0.471 bits per heavy atom. The molecule has 0 amide bonds. The van der Waals surface area contributed by atoms with Crippen LogP contribution in [0.3, 0.4) is 0 Å². The minimum Gasteiger partial charge on any atom is -0.0622 e. The van der Waals surface area contributed by atoms with Crippen molar-refractivity contribution in [1.29, 1.82) is 0 Å². The summed E-state index contributed by atoms with van der Waals surface area (Å²) in [6.07, 6.45) is 4.42. The smallest absolute Gasteiger partial charge is 0.0622 e. The molecule has 0 aromatic heterocycles. The van der Waals surface area contributed by atoms with Crippen LogP contribution in [0.4, 0.5) is 0 Å². The van der Waals surface area contributed by atoms with Crippen LogP contribution in [-0.2, 0) is 5.41 Å². The molecule has 0 N–H and O–H groups in total. The maximum absolute atomic E-state index is 2.39. The van der Waals surface area contributed by atoms with Gasteiger partial charge in [0.2, 0.25) is 0 Å². The molecular formula is C34H26.